The number of nitrogens with two attached hydrogens (primary N) is 1. The summed E-state index contributed by atoms with van der Waals surface area (Å²) in [5, 5.41) is 18.5. The van der Waals surface area contributed by atoms with Gasteiger partial charge in [-0.3, -0.25) is 24.2 Å². The highest BCUT2D eigenvalue weighted by molar-refractivity contribution is 8.00. The van der Waals surface area contributed by atoms with Gasteiger partial charge < -0.3 is 15.7 Å². The standard InChI is InChI=1S/C16H27N7O5S/c1-10(24)20-16-11(9-29-12(16)4-2-3-5-15(27)28)21-13(25)6-7-23(18)14(26)8-19-22-17/h11-12,16H,2-9,18H2,1H3,(H,20,24)(H,21,25)(H,27,28). The van der Waals surface area contributed by atoms with Gasteiger partial charge in [0.25, 0.3) is 0 Å². The summed E-state index contributed by atoms with van der Waals surface area (Å²) in [6.07, 6.45) is 2.09. The number of carbonyl (C=O) groups is 4. The van der Waals surface area contributed by atoms with Crippen molar-refractivity contribution in [3.8, 4) is 0 Å². The SMILES string of the molecule is CC(=O)NC1C(NC(=O)CCN(N)C(=O)CN=[N+]=[N-])CSC1CCCCC(=O)O. The van der Waals surface area contributed by atoms with Crippen LogP contribution in [0.2, 0.25) is 0 Å². The molecule has 13 heteroatoms. The van der Waals surface area contributed by atoms with Gasteiger partial charge in [0.05, 0.1) is 12.1 Å². The number of nitrogens with one attached hydrogen (secondary N) is 2. The maximum absolute atomic E-state index is 12.2. The molecule has 0 aromatic carbocycles. The third-order valence-electron chi connectivity index (χ3n) is 4.34. The van der Waals surface area contributed by atoms with Crippen LogP contribution in [0, 0.1) is 0 Å². The maximum Gasteiger partial charge on any atom is 0.303 e. The zero-order valence-corrected chi connectivity index (χ0v) is 17.1. The minimum atomic E-state index is -0.834. The van der Waals surface area contributed by atoms with Crippen LogP contribution in [0.5, 0.6) is 0 Å². The van der Waals surface area contributed by atoms with Crippen LogP contribution < -0.4 is 16.5 Å². The Kier molecular flexibility index (Phi) is 10.9. The Balaban J connectivity index is 2.51. The lowest BCUT2D eigenvalue weighted by Crippen LogP contribution is -2.53. The lowest BCUT2D eigenvalue weighted by atomic mass is 10.0. The molecule has 1 heterocycles. The van der Waals surface area contributed by atoms with Crippen LogP contribution in [0.15, 0.2) is 5.11 Å². The molecule has 12 nitrogen and oxygen atoms in total. The van der Waals surface area contributed by atoms with Crippen molar-refractivity contribution in [1.82, 2.24) is 15.6 Å². The van der Waals surface area contributed by atoms with Crippen LogP contribution in [-0.4, -0.2) is 70.0 Å². The molecule has 29 heavy (non-hydrogen) atoms. The molecule has 0 saturated carbocycles. The second kappa shape index (κ2) is 12.9. The lowest BCUT2D eigenvalue weighted by molar-refractivity contribution is -0.137. The van der Waals surface area contributed by atoms with E-state index >= 15 is 0 Å². The van der Waals surface area contributed by atoms with Gasteiger partial charge in [0.1, 0.15) is 6.54 Å². The van der Waals surface area contributed by atoms with Crippen molar-refractivity contribution in [1.29, 1.82) is 0 Å². The number of unbranched alkanes of at least 4 members (excludes halogenated alkanes) is 1. The van der Waals surface area contributed by atoms with E-state index in [1.54, 1.807) is 11.8 Å². The number of carbonyl (C=O) groups excluding carboxylic acids is 3. The average Bonchev–Trinajstić information content (AvgIpc) is 3.01. The Bertz CT molecular complexity index is 656. The van der Waals surface area contributed by atoms with Crippen molar-refractivity contribution in [2.45, 2.75) is 56.4 Å². The van der Waals surface area contributed by atoms with E-state index in [1.807, 2.05) is 0 Å². The highest BCUT2D eigenvalue weighted by atomic mass is 32.2. The van der Waals surface area contributed by atoms with Gasteiger partial charge in [-0.1, -0.05) is 11.5 Å². The molecule has 1 aliphatic heterocycles. The molecule has 0 spiro atoms. The van der Waals surface area contributed by atoms with Crippen molar-refractivity contribution >= 4 is 35.5 Å². The fourth-order valence-electron chi connectivity index (χ4n) is 2.95. The predicted molar refractivity (Wildman–Crippen MR) is 106 cm³/mol. The zero-order chi connectivity index (χ0) is 21.8. The van der Waals surface area contributed by atoms with E-state index in [4.69, 9.17) is 16.5 Å². The number of rotatable bonds is 12. The summed E-state index contributed by atoms with van der Waals surface area (Å²) >= 11 is 1.63. The number of amides is 3. The summed E-state index contributed by atoms with van der Waals surface area (Å²) in [6, 6.07) is -0.530. The fourth-order valence-corrected chi connectivity index (χ4v) is 4.49. The van der Waals surface area contributed by atoms with Gasteiger partial charge in [0, 0.05) is 42.2 Å². The van der Waals surface area contributed by atoms with Gasteiger partial charge in [-0.2, -0.15) is 11.8 Å². The zero-order valence-electron chi connectivity index (χ0n) is 16.2. The summed E-state index contributed by atoms with van der Waals surface area (Å²) in [7, 11) is 0. The van der Waals surface area contributed by atoms with Gasteiger partial charge in [0.2, 0.25) is 17.7 Å². The molecule has 1 rings (SSSR count). The number of azide groups is 1. The molecule has 0 aromatic heterocycles. The number of aliphatic carboxylic acids is 1. The highest BCUT2D eigenvalue weighted by Gasteiger charge is 2.37. The molecule has 3 atom stereocenters. The van der Waals surface area contributed by atoms with Crippen LogP contribution >= 0.6 is 11.8 Å². The first-order chi connectivity index (χ1) is 13.7. The van der Waals surface area contributed by atoms with E-state index < -0.39 is 18.4 Å². The van der Waals surface area contributed by atoms with Gasteiger partial charge in [-0.15, -0.1) is 0 Å². The van der Waals surface area contributed by atoms with Gasteiger partial charge in [-0.05, 0) is 18.4 Å². The molecular formula is C16H27N7O5S. The van der Waals surface area contributed by atoms with Crippen LogP contribution in [0.4, 0.5) is 0 Å². The molecular weight excluding hydrogens is 402 g/mol. The third kappa shape index (κ3) is 9.50. The highest BCUT2D eigenvalue weighted by Crippen LogP contribution is 2.31. The quantitative estimate of drug-likeness (QED) is 0.0644. The van der Waals surface area contributed by atoms with Crippen molar-refractivity contribution in [2.24, 2.45) is 11.0 Å². The number of hydrogen-bond donors (Lipinski definition) is 4. The van der Waals surface area contributed by atoms with Gasteiger partial charge in [0.15, 0.2) is 0 Å². The van der Waals surface area contributed by atoms with Crippen molar-refractivity contribution in [3.63, 3.8) is 0 Å². The molecule has 0 bridgehead atoms. The van der Waals surface area contributed by atoms with E-state index in [-0.39, 0.29) is 48.5 Å². The monoisotopic (exact) mass is 429 g/mol. The van der Waals surface area contributed by atoms with E-state index in [2.05, 4.69) is 20.7 Å². The maximum atomic E-state index is 12.2. The Morgan fingerprint density at radius 3 is 2.62 bits per heavy atom. The topological polar surface area (TPSA) is 191 Å². The Morgan fingerprint density at radius 1 is 1.28 bits per heavy atom. The largest absolute Gasteiger partial charge is 0.481 e. The molecule has 3 amide bonds. The normalized spacial score (nSPS) is 20.4. The molecule has 1 saturated heterocycles. The molecule has 1 fully saturated rings. The Labute approximate surface area is 172 Å². The molecule has 5 N–H and O–H groups in total. The van der Waals surface area contributed by atoms with E-state index in [1.165, 1.54) is 6.92 Å². The van der Waals surface area contributed by atoms with Crippen molar-refractivity contribution in [2.75, 3.05) is 18.8 Å². The van der Waals surface area contributed by atoms with Crippen LogP contribution in [-0.2, 0) is 19.2 Å². The van der Waals surface area contributed by atoms with E-state index in [9.17, 15) is 19.2 Å². The number of nitrogens with zero attached hydrogens (tertiary/aromatic N) is 4. The molecule has 0 radical (unpaired) electrons. The second-order valence-corrected chi connectivity index (χ2v) is 7.91. The van der Waals surface area contributed by atoms with Crippen molar-refractivity contribution in [3.05, 3.63) is 10.4 Å². The summed E-state index contributed by atoms with van der Waals surface area (Å²) in [5.41, 5.74) is 8.20. The van der Waals surface area contributed by atoms with Gasteiger partial charge >= 0.3 is 5.97 Å². The van der Waals surface area contributed by atoms with Crippen LogP contribution in [0.1, 0.15) is 39.0 Å². The summed E-state index contributed by atoms with van der Waals surface area (Å²) in [6.45, 7) is 0.960. The predicted octanol–water partition coefficient (Wildman–Crippen LogP) is 0.139. The van der Waals surface area contributed by atoms with Crippen molar-refractivity contribution < 1.29 is 24.3 Å². The third-order valence-corrected chi connectivity index (χ3v) is 5.85. The molecule has 0 aromatic rings. The average molecular weight is 430 g/mol. The lowest BCUT2D eigenvalue weighted by Gasteiger charge is -2.26. The smallest absolute Gasteiger partial charge is 0.303 e. The molecule has 162 valence electrons. The summed E-state index contributed by atoms with van der Waals surface area (Å²) in [4.78, 5) is 48.5. The molecule has 1 aliphatic rings. The minimum Gasteiger partial charge on any atom is -0.481 e. The Morgan fingerprint density at radius 2 is 2.00 bits per heavy atom. The number of hydrazine groups is 1. The second-order valence-electron chi connectivity index (χ2n) is 6.64. The summed E-state index contributed by atoms with van der Waals surface area (Å²) < 4.78 is 0. The fraction of sp³-hybridized carbons (Fsp3) is 0.750. The van der Waals surface area contributed by atoms with E-state index in [0.717, 1.165) is 17.9 Å². The number of carboxylic acids is 1. The molecule has 3 unspecified atom stereocenters. The summed E-state index contributed by atoms with van der Waals surface area (Å²) in [5.74, 6) is 4.20. The van der Waals surface area contributed by atoms with Crippen LogP contribution in [0.3, 0.4) is 0 Å². The molecule has 0 aliphatic carbocycles. The number of hydrogen-bond acceptors (Lipinski definition) is 7. The number of thioether (sulfide) groups is 1. The first kappa shape index (κ1) is 24.5. The van der Waals surface area contributed by atoms with Crippen LogP contribution in [0.25, 0.3) is 10.4 Å². The first-order valence-corrected chi connectivity index (χ1v) is 10.2. The Hall–Kier alpha value is -2.50. The first-order valence-electron chi connectivity index (χ1n) is 9.20. The van der Waals surface area contributed by atoms with E-state index in [0.29, 0.717) is 12.2 Å². The minimum absolute atomic E-state index is 0.0320. The number of carboxylic acid groups (broad SMARTS) is 1. The van der Waals surface area contributed by atoms with Gasteiger partial charge in [-0.25, -0.2) is 5.84 Å².